The Morgan fingerprint density at radius 3 is 2.54 bits per heavy atom. The van der Waals surface area contributed by atoms with Crippen LogP contribution in [0.4, 0.5) is 0 Å². The van der Waals surface area contributed by atoms with Crippen molar-refractivity contribution in [1.29, 1.82) is 0 Å². The van der Waals surface area contributed by atoms with Gasteiger partial charge in [0.05, 0.1) is 6.54 Å². The van der Waals surface area contributed by atoms with Crippen LogP contribution >= 0.6 is 0 Å². The average Bonchev–Trinajstić information content (AvgIpc) is 3.77. The zero-order chi connectivity index (χ0) is 26.5. The van der Waals surface area contributed by atoms with Crippen LogP contribution in [-0.2, 0) is 13.0 Å². The van der Waals surface area contributed by atoms with Crippen molar-refractivity contribution in [3.63, 3.8) is 0 Å². The van der Waals surface area contributed by atoms with E-state index in [-0.39, 0.29) is 5.91 Å². The summed E-state index contributed by atoms with van der Waals surface area (Å²) in [6.07, 6.45) is 20.2. The zero-order valence-corrected chi connectivity index (χ0v) is 23.4. The fourth-order valence-corrected chi connectivity index (χ4v) is 7.18. The van der Waals surface area contributed by atoms with E-state index in [1.54, 1.807) is 6.20 Å². The van der Waals surface area contributed by atoms with Gasteiger partial charge in [-0.3, -0.25) is 14.7 Å². The number of H-pyrrole nitrogens is 1. The summed E-state index contributed by atoms with van der Waals surface area (Å²) in [4.78, 5) is 32.8. The minimum absolute atomic E-state index is 0.208. The van der Waals surface area contributed by atoms with E-state index in [9.17, 15) is 4.79 Å². The first-order chi connectivity index (χ1) is 19.2. The van der Waals surface area contributed by atoms with Gasteiger partial charge in [0, 0.05) is 68.5 Å². The van der Waals surface area contributed by atoms with Gasteiger partial charge in [-0.05, 0) is 74.7 Å². The van der Waals surface area contributed by atoms with Crippen molar-refractivity contribution >= 4 is 11.6 Å². The number of hydrogen-bond acceptors (Lipinski definition) is 5. The fraction of sp³-hybridized carbons (Fsp3) is 0.594. The fourth-order valence-electron chi connectivity index (χ4n) is 7.18. The minimum atomic E-state index is 0.208. The van der Waals surface area contributed by atoms with E-state index >= 15 is 0 Å². The summed E-state index contributed by atoms with van der Waals surface area (Å²) in [6.45, 7) is 6.83. The van der Waals surface area contributed by atoms with Gasteiger partial charge >= 0.3 is 0 Å². The Kier molecular flexibility index (Phi) is 8.26. The first-order valence-corrected chi connectivity index (χ1v) is 15.2. The number of aromatic nitrogens is 2. The lowest BCUT2D eigenvalue weighted by Gasteiger charge is -2.43. The summed E-state index contributed by atoms with van der Waals surface area (Å²) < 4.78 is 0. The molecule has 7 nitrogen and oxygen atoms in total. The van der Waals surface area contributed by atoms with Crippen LogP contribution in [0.5, 0.6) is 0 Å². The standard InChI is InChI=1S/C32H44N6O/c39-31(38-22-15-32(25-38)13-20-37(21-14-32)29-6-2-1-3-7-29)27-10-8-26(9-11-27)12-19-36(23-28-5-4-16-33-28)24-30-34-17-18-35-30/h4,8-11,16-18,29H,1-3,5-7,12-15,19-25H2,(H,34,35). The first kappa shape index (κ1) is 26.5. The molecule has 3 fully saturated rings. The number of carbonyl (C=O) groups excluding carboxylic acids is 1. The van der Waals surface area contributed by atoms with Gasteiger partial charge in [-0.2, -0.15) is 0 Å². The molecule has 1 saturated carbocycles. The summed E-state index contributed by atoms with van der Waals surface area (Å²) >= 11 is 0. The molecule has 208 valence electrons. The largest absolute Gasteiger partial charge is 0.348 e. The Morgan fingerprint density at radius 1 is 1.03 bits per heavy atom. The molecular formula is C32H44N6O. The molecule has 3 aliphatic heterocycles. The van der Waals surface area contributed by atoms with Crippen LogP contribution in [0.15, 0.2) is 53.9 Å². The Balaban J connectivity index is 1.000. The van der Waals surface area contributed by atoms with Crippen molar-refractivity contribution in [2.75, 3.05) is 39.3 Å². The molecule has 1 amide bonds. The molecule has 0 atom stereocenters. The van der Waals surface area contributed by atoms with E-state index in [0.717, 1.165) is 63.0 Å². The monoisotopic (exact) mass is 528 g/mol. The lowest BCUT2D eigenvalue weighted by Crippen LogP contribution is -2.47. The van der Waals surface area contributed by atoms with Crippen LogP contribution in [0, 0.1) is 5.41 Å². The van der Waals surface area contributed by atoms with Crippen LogP contribution in [0.2, 0.25) is 0 Å². The smallest absolute Gasteiger partial charge is 0.253 e. The third-order valence-corrected chi connectivity index (χ3v) is 9.64. The number of aromatic amines is 1. The van der Waals surface area contributed by atoms with Gasteiger partial charge in [0.1, 0.15) is 5.82 Å². The van der Waals surface area contributed by atoms with Crippen molar-refractivity contribution < 1.29 is 4.79 Å². The topological polar surface area (TPSA) is 67.8 Å². The first-order valence-electron chi connectivity index (χ1n) is 15.2. The molecule has 1 aromatic heterocycles. The molecule has 2 aromatic rings. The summed E-state index contributed by atoms with van der Waals surface area (Å²) in [6, 6.07) is 9.18. The molecule has 1 aliphatic carbocycles. The number of carbonyl (C=O) groups is 1. The lowest BCUT2D eigenvalue weighted by atomic mass is 9.77. The molecule has 6 rings (SSSR count). The maximum Gasteiger partial charge on any atom is 0.253 e. The van der Waals surface area contributed by atoms with Crippen molar-refractivity contribution in [3.8, 4) is 0 Å². The molecule has 4 aliphatic rings. The molecule has 1 N–H and O–H groups in total. The third kappa shape index (κ3) is 6.52. The normalized spacial score (nSPS) is 21.8. The summed E-state index contributed by atoms with van der Waals surface area (Å²) in [5, 5.41) is 0. The van der Waals surface area contributed by atoms with Gasteiger partial charge in [-0.1, -0.05) is 37.5 Å². The van der Waals surface area contributed by atoms with E-state index < -0.39 is 0 Å². The number of likely N-dealkylation sites (tertiary alicyclic amines) is 2. The molecule has 1 spiro atoms. The number of allylic oxidation sites excluding steroid dienone is 1. The van der Waals surface area contributed by atoms with E-state index in [0.29, 0.717) is 5.41 Å². The highest BCUT2D eigenvalue weighted by atomic mass is 16.2. The summed E-state index contributed by atoms with van der Waals surface area (Å²) in [7, 11) is 0. The highest BCUT2D eigenvalue weighted by molar-refractivity contribution is 5.94. The van der Waals surface area contributed by atoms with Crippen LogP contribution in [0.3, 0.4) is 0 Å². The minimum Gasteiger partial charge on any atom is -0.348 e. The number of amides is 1. The van der Waals surface area contributed by atoms with Crippen molar-refractivity contribution in [1.82, 2.24) is 24.7 Å². The number of piperidine rings is 1. The highest BCUT2D eigenvalue weighted by Gasteiger charge is 2.43. The van der Waals surface area contributed by atoms with Gasteiger partial charge in [-0.15, -0.1) is 0 Å². The predicted molar refractivity (Wildman–Crippen MR) is 156 cm³/mol. The van der Waals surface area contributed by atoms with Gasteiger partial charge in [-0.25, -0.2) is 4.98 Å². The van der Waals surface area contributed by atoms with Gasteiger partial charge in [0.25, 0.3) is 5.91 Å². The van der Waals surface area contributed by atoms with Crippen molar-refractivity contribution in [2.45, 2.75) is 76.8 Å². The molecule has 2 saturated heterocycles. The van der Waals surface area contributed by atoms with Crippen molar-refractivity contribution in [3.05, 3.63) is 65.9 Å². The molecule has 0 bridgehead atoms. The molecule has 0 unspecified atom stereocenters. The number of nitrogens with one attached hydrogen (secondary N) is 1. The van der Waals surface area contributed by atoms with E-state index in [4.69, 9.17) is 0 Å². The second-order valence-electron chi connectivity index (χ2n) is 12.3. The maximum atomic E-state index is 13.4. The van der Waals surface area contributed by atoms with E-state index in [2.05, 4.69) is 47.9 Å². The highest BCUT2D eigenvalue weighted by Crippen LogP contribution is 2.42. The van der Waals surface area contributed by atoms with Crippen LogP contribution in [-0.4, -0.2) is 81.6 Å². The molecular weight excluding hydrogens is 484 g/mol. The number of aliphatic imine (C=N–C) groups is 1. The van der Waals surface area contributed by atoms with Gasteiger partial charge < -0.3 is 14.8 Å². The zero-order valence-electron chi connectivity index (χ0n) is 23.4. The second kappa shape index (κ2) is 12.2. The Morgan fingerprint density at radius 2 is 1.82 bits per heavy atom. The van der Waals surface area contributed by atoms with Crippen LogP contribution in [0.1, 0.15) is 79.5 Å². The number of benzene rings is 1. The van der Waals surface area contributed by atoms with E-state index in [1.165, 1.54) is 75.7 Å². The molecule has 7 heteroatoms. The number of rotatable bonds is 9. The third-order valence-electron chi connectivity index (χ3n) is 9.64. The Bertz CT molecular complexity index is 1140. The molecule has 39 heavy (non-hydrogen) atoms. The number of hydrogen-bond donors (Lipinski definition) is 1. The van der Waals surface area contributed by atoms with Crippen LogP contribution < -0.4 is 0 Å². The molecule has 0 radical (unpaired) electrons. The second-order valence-corrected chi connectivity index (χ2v) is 12.3. The summed E-state index contributed by atoms with van der Waals surface area (Å²) in [5.74, 6) is 1.19. The quantitative estimate of drug-likeness (QED) is 0.493. The predicted octanol–water partition coefficient (Wildman–Crippen LogP) is 5.07. The average molecular weight is 529 g/mol. The lowest BCUT2D eigenvalue weighted by molar-refractivity contribution is 0.0565. The van der Waals surface area contributed by atoms with Crippen molar-refractivity contribution in [2.24, 2.45) is 10.4 Å². The summed E-state index contributed by atoms with van der Waals surface area (Å²) in [5.41, 5.74) is 3.63. The SMILES string of the molecule is O=C(c1ccc(CCN(CC2=NC=CC2)Cc2ncc[nH]2)cc1)N1CCC2(CCN(C3CCCCC3)CC2)C1. The Hall–Kier alpha value is -2.77. The maximum absolute atomic E-state index is 13.4. The number of nitrogens with zero attached hydrogens (tertiary/aromatic N) is 5. The van der Waals surface area contributed by atoms with Gasteiger partial charge in [0.15, 0.2) is 0 Å². The molecule has 4 heterocycles. The van der Waals surface area contributed by atoms with Crippen LogP contribution in [0.25, 0.3) is 0 Å². The molecule has 1 aromatic carbocycles. The van der Waals surface area contributed by atoms with E-state index in [1.807, 2.05) is 24.5 Å². The van der Waals surface area contributed by atoms with Gasteiger partial charge in [0.2, 0.25) is 0 Å². The number of imidazole rings is 1. The Labute approximate surface area is 233 Å².